The van der Waals surface area contributed by atoms with Crippen molar-refractivity contribution in [2.24, 2.45) is 12.0 Å². The molecule has 1 saturated heterocycles. The standard InChI is InChI=1S/C21H24N6/c1-24-7-9-26(10-8-24)18-5-4-17-14-27(15-22-20(17)11-18)19-6-3-16-13-25(2)23-21(16)12-19/h3-6,11-14H,7-10,15H2,1-2H3. The zero-order chi connectivity index (χ0) is 18.4. The summed E-state index contributed by atoms with van der Waals surface area (Å²) in [5, 5.41) is 7.93. The molecule has 0 atom stereocenters. The van der Waals surface area contributed by atoms with Crippen LogP contribution >= 0.6 is 0 Å². The summed E-state index contributed by atoms with van der Waals surface area (Å²) in [4.78, 5) is 11.9. The molecule has 5 rings (SSSR count). The van der Waals surface area contributed by atoms with Gasteiger partial charge in [0.2, 0.25) is 0 Å². The van der Waals surface area contributed by atoms with E-state index in [-0.39, 0.29) is 0 Å². The van der Waals surface area contributed by atoms with Crippen molar-refractivity contribution in [3.8, 4) is 0 Å². The minimum absolute atomic E-state index is 0.636. The van der Waals surface area contributed by atoms with Crippen LogP contribution in [-0.2, 0) is 7.05 Å². The molecule has 0 spiro atoms. The van der Waals surface area contributed by atoms with Gasteiger partial charge in [-0.1, -0.05) is 0 Å². The van der Waals surface area contributed by atoms with Crippen molar-refractivity contribution in [1.29, 1.82) is 0 Å². The van der Waals surface area contributed by atoms with E-state index in [1.165, 1.54) is 10.9 Å². The van der Waals surface area contributed by atoms with E-state index in [2.05, 4.69) is 69.4 Å². The molecule has 3 aromatic rings. The highest BCUT2D eigenvalue weighted by Gasteiger charge is 2.15. The molecule has 2 aliphatic heterocycles. The number of likely N-dealkylation sites (N-methyl/N-ethyl adjacent to an activating group) is 1. The molecule has 2 aliphatic rings. The van der Waals surface area contributed by atoms with Crippen LogP contribution in [0.3, 0.4) is 0 Å². The monoisotopic (exact) mass is 360 g/mol. The highest BCUT2D eigenvalue weighted by atomic mass is 15.3. The second-order valence-electron chi connectivity index (χ2n) is 7.48. The average Bonchev–Trinajstić information content (AvgIpc) is 3.07. The second kappa shape index (κ2) is 6.39. The number of fused-ring (bicyclic) bond motifs is 2. The highest BCUT2D eigenvalue weighted by molar-refractivity contribution is 5.83. The first-order chi connectivity index (χ1) is 13.2. The van der Waals surface area contributed by atoms with Crippen molar-refractivity contribution in [2.45, 2.75) is 0 Å². The number of aromatic nitrogens is 2. The van der Waals surface area contributed by atoms with Crippen molar-refractivity contribution in [2.75, 3.05) is 49.7 Å². The SMILES string of the molecule is CN1CCN(c2ccc3c(c2)=NCN(c2ccc4cn(C)nc4c2)C=3)CC1. The average molecular weight is 360 g/mol. The Morgan fingerprint density at radius 3 is 2.56 bits per heavy atom. The lowest BCUT2D eigenvalue weighted by Crippen LogP contribution is -2.45. The van der Waals surface area contributed by atoms with Gasteiger partial charge >= 0.3 is 0 Å². The quantitative estimate of drug-likeness (QED) is 0.688. The number of hydrogen-bond donors (Lipinski definition) is 0. The van der Waals surface area contributed by atoms with Crippen LogP contribution in [-0.4, -0.2) is 54.6 Å². The fraction of sp³-hybridized carbons (Fsp3) is 0.333. The van der Waals surface area contributed by atoms with Gasteiger partial charge in [0, 0.05) is 67.6 Å². The summed E-state index contributed by atoms with van der Waals surface area (Å²) in [5.41, 5.74) is 3.42. The molecule has 0 aliphatic carbocycles. The Kier molecular flexibility index (Phi) is 3.86. The normalized spacial score (nSPS) is 17.6. The zero-order valence-corrected chi connectivity index (χ0v) is 15.8. The first-order valence-electron chi connectivity index (χ1n) is 9.46. The topological polar surface area (TPSA) is 39.9 Å². The van der Waals surface area contributed by atoms with Crippen LogP contribution in [0.5, 0.6) is 0 Å². The summed E-state index contributed by atoms with van der Waals surface area (Å²) >= 11 is 0. The molecule has 1 aromatic heterocycles. The third kappa shape index (κ3) is 3.06. The number of aryl methyl sites for hydroxylation is 1. The number of piperazine rings is 1. The lowest BCUT2D eigenvalue weighted by molar-refractivity contribution is 0.313. The Morgan fingerprint density at radius 1 is 0.889 bits per heavy atom. The van der Waals surface area contributed by atoms with Crippen molar-refractivity contribution in [1.82, 2.24) is 14.7 Å². The van der Waals surface area contributed by atoms with Crippen LogP contribution in [0.1, 0.15) is 0 Å². The molecule has 27 heavy (non-hydrogen) atoms. The largest absolute Gasteiger partial charge is 0.369 e. The molecule has 0 unspecified atom stereocenters. The predicted molar refractivity (Wildman–Crippen MR) is 109 cm³/mol. The van der Waals surface area contributed by atoms with Crippen LogP contribution in [0.4, 0.5) is 11.4 Å². The number of anilines is 2. The van der Waals surface area contributed by atoms with Crippen LogP contribution < -0.4 is 20.4 Å². The molecule has 2 aromatic carbocycles. The molecule has 6 heteroatoms. The first-order valence-corrected chi connectivity index (χ1v) is 9.46. The fourth-order valence-electron chi connectivity index (χ4n) is 3.86. The molecule has 3 heterocycles. The van der Waals surface area contributed by atoms with E-state index in [1.807, 2.05) is 17.9 Å². The van der Waals surface area contributed by atoms with E-state index < -0.39 is 0 Å². The van der Waals surface area contributed by atoms with Gasteiger partial charge in [-0.05, 0) is 43.4 Å². The van der Waals surface area contributed by atoms with Crippen molar-refractivity contribution in [3.63, 3.8) is 0 Å². The van der Waals surface area contributed by atoms with Crippen LogP contribution in [0.2, 0.25) is 0 Å². The van der Waals surface area contributed by atoms with Gasteiger partial charge in [-0.2, -0.15) is 5.10 Å². The number of hydrogen-bond acceptors (Lipinski definition) is 5. The molecule has 0 saturated carbocycles. The van der Waals surface area contributed by atoms with Gasteiger partial charge in [0.25, 0.3) is 0 Å². The van der Waals surface area contributed by atoms with Gasteiger partial charge in [-0.25, -0.2) is 0 Å². The molecule has 6 nitrogen and oxygen atoms in total. The zero-order valence-electron chi connectivity index (χ0n) is 15.8. The fourth-order valence-corrected chi connectivity index (χ4v) is 3.86. The van der Waals surface area contributed by atoms with Gasteiger partial charge in [-0.15, -0.1) is 0 Å². The molecule has 0 N–H and O–H groups in total. The van der Waals surface area contributed by atoms with E-state index >= 15 is 0 Å². The van der Waals surface area contributed by atoms with Crippen LogP contribution in [0.25, 0.3) is 17.1 Å². The van der Waals surface area contributed by atoms with Crippen LogP contribution in [0, 0.1) is 0 Å². The lowest BCUT2D eigenvalue weighted by atomic mass is 10.2. The van der Waals surface area contributed by atoms with E-state index in [4.69, 9.17) is 4.99 Å². The Bertz CT molecular complexity index is 1110. The minimum atomic E-state index is 0.636. The third-order valence-corrected chi connectivity index (χ3v) is 5.51. The number of rotatable bonds is 2. The smallest absolute Gasteiger partial charge is 0.115 e. The Morgan fingerprint density at radius 2 is 1.70 bits per heavy atom. The summed E-state index contributed by atoms with van der Waals surface area (Å²) in [6.07, 6.45) is 4.23. The molecule has 0 amide bonds. The maximum Gasteiger partial charge on any atom is 0.115 e. The summed E-state index contributed by atoms with van der Waals surface area (Å²) in [7, 11) is 4.14. The van der Waals surface area contributed by atoms with Gasteiger partial charge in [-0.3, -0.25) is 9.67 Å². The van der Waals surface area contributed by atoms with Crippen LogP contribution in [0.15, 0.2) is 47.6 Å². The van der Waals surface area contributed by atoms with Crippen molar-refractivity contribution >= 4 is 28.5 Å². The highest BCUT2D eigenvalue weighted by Crippen LogP contribution is 2.22. The molecule has 138 valence electrons. The van der Waals surface area contributed by atoms with E-state index in [0.29, 0.717) is 6.67 Å². The number of benzene rings is 2. The Hall–Kier alpha value is -2.86. The van der Waals surface area contributed by atoms with E-state index in [9.17, 15) is 0 Å². The maximum atomic E-state index is 4.84. The number of nitrogens with zero attached hydrogens (tertiary/aromatic N) is 6. The van der Waals surface area contributed by atoms with Gasteiger partial charge in [0.15, 0.2) is 0 Å². The second-order valence-corrected chi connectivity index (χ2v) is 7.48. The van der Waals surface area contributed by atoms with E-state index in [1.54, 1.807) is 0 Å². The Balaban J connectivity index is 1.44. The Labute approximate surface area is 158 Å². The molecular formula is C21H24N6. The summed E-state index contributed by atoms with van der Waals surface area (Å²) in [6, 6.07) is 13.0. The third-order valence-electron chi connectivity index (χ3n) is 5.51. The summed E-state index contributed by atoms with van der Waals surface area (Å²) in [6.45, 7) is 5.02. The summed E-state index contributed by atoms with van der Waals surface area (Å²) in [5.74, 6) is 0. The molecular weight excluding hydrogens is 336 g/mol. The van der Waals surface area contributed by atoms with E-state index in [0.717, 1.165) is 48.1 Å². The summed E-state index contributed by atoms with van der Waals surface area (Å²) < 4.78 is 1.86. The molecule has 1 fully saturated rings. The van der Waals surface area contributed by atoms with Crippen molar-refractivity contribution in [3.05, 3.63) is 53.2 Å². The first kappa shape index (κ1) is 16.3. The predicted octanol–water partition coefficient (Wildman–Crippen LogP) is 1.16. The van der Waals surface area contributed by atoms with Gasteiger partial charge in [0.05, 0.1) is 10.9 Å². The molecule has 0 radical (unpaired) electrons. The maximum absolute atomic E-state index is 4.84. The molecule has 0 bridgehead atoms. The lowest BCUT2D eigenvalue weighted by Gasteiger charge is -2.34. The minimum Gasteiger partial charge on any atom is -0.369 e. The van der Waals surface area contributed by atoms with Gasteiger partial charge in [0.1, 0.15) is 6.67 Å². The van der Waals surface area contributed by atoms with Gasteiger partial charge < -0.3 is 14.7 Å². The van der Waals surface area contributed by atoms with Crippen molar-refractivity contribution < 1.29 is 0 Å².